The van der Waals surface area contributed by atoms with Crippen molar-refractivity contribution in [1.82, 2.24) is 10.3 Å². The first kappa shape index (κ1) is 30.8. The zero-order valence-electron chi connectivity index (χ0n) is 28.9. The fraction of sp³-hybridized carbons (Fsp3) is 0.0417. The minimum atomic E-state index is -0.170. The van der Waals surface area contributed by atoms with E-state index in [-0.39, 0.29) is 12.3 Å². The van der Waals surface area contributed by atoms with Crippen LogP contribution in [-0.4, -0.2) is 10.7 Å². The van der Waals surface area contributed by atoms with E-state index < -0.39 is 0 Å². The molecule has 2 unspecified atom stereocenters. The van der Waals surface area contributed by atoms with Crippen LogP contribution in [0.15, 0.2) is 193 Å². The molecule has 5 heteroatoms. The Morgan fingerprint density at radius 2 is 1.08 bits per heavy atom. The van der Waals surface area contributed by atoms with Crippen LogP contribution in [0.2, 0.25) is 0 Å². The number of aromatic nitrogens is 1. The molecule has 0 fully saturated rings. The highest BCUT2D eigenvalue weighted by atomic mass is 15.3. The van der Waals surface area contributed by atoms with Crippen molar-refractivity contribution >= 4 is 50.0 Å². The monoisotopic (exact) mass is 681 g/mol. The number of aliphatic imine (C=N–C) groups is 1. The van der Waals surface area contributed by atoms with Gasteiger partial charge in [0.2, 0.25) is 0 Å². The number of fused-ring (bicyclic) bond motifs is 6. The molecule has 0 bridgehead atoms. The summed E-state index contributed by atoms with van der Waals surface area (Å²) in [7, 11) is 0. The third kappa shape index (κ3) is 5.51. The van der Waals surface area contributed by atoms with Gasteiger partial charge in [0.05, 0.1) is 17.1 Å². The average Bonchev–Trinajstić information content (AvgIpc) is 3.66. The van der Waals surface area contributed by atoms with Crippen LogP contribution in [0.4, 0.5) is 17.1 Å². The molecule has 2 aliphatic rings. The maximum atomic E-state index is 5.09. The van der Waals surface area contributed by atoms with Gasteiger partial charge in [0.1, 0.15) is 12.3 Å². The highest BCUT2D eigenvalue weighted by Crippen LogP contribution is 2.53. The molecule has 0 radical (unpaired) electrons. The Balaban J connectivity index is 0.978. The first-order chi connectivity index (χ1) is 26.3. The lowest BCUT2D eigenvalue weighted by Gasteiger charge is -2.28. The Morgan fingerprint density at radius 3 is 1.81 bits per heavy atom. The quantitative estimate of drug-likeness (QED) is 0.172. The smallest absolute Gasteiger partial charge is 0.145 e. The van der Waals surface area contributed by atoms with Crippen molar-refractivity contribution in [2.24, 2.45) is 4.99 Å². The van der Waals surface area contributed by atoms with Crippen molar-refractivity contribution in [3.8, 4) is 11.1 Å². The standard InChI is InChI=1S/C48H35N5/c1-4-12-34(13-5-1)43-30-44(51-47(50-43)36-14-6-2-7-15-36)35-24-20-32(21-25-35)33-22-26-37(27-23-33)48-52-45-41-19-11-10-18-39(41)40-28-29-49-31-42(40)46(45)53(48)38-16-8-3-9-17-38/h1-31,47-48,51-52H. The Bertz CT molecular complexity index is 2650. The molecule has 1 aromatic heterocycles. The second-order valence-electron chi connectivity index (χ2n) is 13.5. The minimum Gasteiger partial charge on any atom is -0.360 e. The maximum absolute atomic E-state index is 5.09. The second-order valence-corrected chi connectivity index (χ2v) is 13.5. The molecule has 53 heavy (non-hydrogen) atoms. The molecule has 5 nitrogen and oxygen atoms in total. The Kier molecular flexibility index (Phi) is 7.54. The van der Waals surface area contributed by atoms with Crippen LogP contribution in [-0.2, 0) is 0 Å². The third-order valence-corrected chi connectivity index (χ3v) is 10.4. The number of hydrogen-bond acceptors (Lipinski definition) is 5. The highest BCUT2D eigenvalue weighted by molar-refractivity contribution is 6.22. The summed E-state index contributed by atoms with van der Waals surface area (Å²) in [5, 5.41) is 12.4. The third-order valence-electron chi connectivity index (χ3n) is 10.4. The minimum absolute atomic E-state index is 0.0969. The number of pyridine rings is 1. The maximum Gasteiger partial charge on any atom is 0.145 e. The molecule has 252 valence electrons. The first-order valence-electron chi connectivity index (χ1n) is 18.0. The molecule has 0 spiro atoms. The lowest BCUT2D eigenvalue weighted by atomic mass is 9.98. The molecule has 8 aromatic rings. The van der Waals surface area contributed by atoms with E-state index in [1.165, 1.54) is 32.8 Å². The summed E-state index contributed by atoms with van der Waals surface area (Å²) in [6, 6.07) is 60.1. The predicted octanol–water partition coefficient (Wildman–Crippen LogP) is 11.4. The molecule has 3 heterocycles. The van der Waals surface area contributed by atoms with Gasteiger partial charge in [-0.25, -0.2) is 0 Å². The van der Waals surface area contributed by atoms with Gasteiger partial charge in [0.15, 0.2) is 0 Å². The van der Waals surface area contributed by atoms with Crippen molar-refractivity contribution < 1.29 is 0 Å². The van der Waals surface area contributed by atoms with Crippen molar-refractivity contribution in [3.05, 3.63) is 211 Å². The average molecular weight is 682 g/mol. The second kappa shape index (κ2) is 13.0. The fourth-order valence-corrected chi connectivity index (χ4v) is 7.80. The van der Waals surface area contributed by atoms with Gasteiger partial charge < -0.3 is 15.5 Å². The largest absolute Gasteiger partial charge is 0.360 e. The number of nitrogens with zero attached hydrogens (tertiary/aromatic N) is 3. The molecular weight excluding hydrogens is 647 g/mol. The summed E-state index contributed by atoms with van der Waals surface area (Å²) in [5.74, 6) is 0. The number of anilines is 3. The van der Waals surface area contributed by atoms with Crippen LogP contribution in [0.5, 0.6) is 0 Å². The fourth-order valence-electron chi connectivity index (χ4n) is 7.80. The summed E-state index contributed by atoms with van der Waals surface area (Å²) in [5.41, 5.74) is 12.3. The predicted molar refractivity (Wildman–Crippen MR) is 219 cm³/mol. The van der Waals surface area contributed by atoms with Gasteiger partial charge >= 0.3 is 0 Å². The van der Waals surface area contributed by atoms with Crippen molar-refractivity contribution in [2.45, 2.75) is 12.3 Å². The molecule has 10 rings (SSSR count). The van der Waals surface area contributed by atoms with Gasteiger partial charge in [-0.1, -0.05) is 152 Å². The molecule has 0 saturated carbocycles. The lowest BCUT2D eigenvalue weighted by Crippen LogP contribution is -2.24. The summed E-state index contributed by atoms with van der Waals surface area (Å²) >= 11 is 0. The Morgan fingerprint density at radius 1 is 0.472 bits per heavy atom. The van der Waals surface area contributed by atoms with Crippen LogP contribution in [0.25, 0.3) is 38.4 Å². The zero-order chi connectivity index (χ0) is 35.1. The molecular formula is C48H35N5. The van der Waals surface area contributed by atoms with E-state index in [1.807, 2.05) is 24.5 Å². The molecule has 2 N–H and O–H groups in total. The van der Waals surface area contributed by atoms with Crippen LogP contribution in [0.1, 0.15) is 34.6 Å². The van der Waals surface area contributed by atoms with Crippen LogP contribution in [0, 0.1) is 0 Å². The van der Waals surface area contributed by atoms with E-state index in [0.717, 1.165) is 50.5 Å². The number of benzene rings is 7. The number of para-hydroxylation sites is 1. The summed E-state index contributed by atoms with van der Waals surface area (Å²) < 4.78 is 0. The topological polar surface area (TPSA) is 52.6 Å². The van der Waals surface area contributed by atoms with E-state index in [0.29, 0.717) is 0 Å². The van der Waals surface area contributed by atoms with E-state index in [1.54, 1.807) is 0 Å². The molecule has 0 aliphatic carbocycles. The molecule has 2 aliphatic heterocycles. The number of allylic oxidation sites excluding steroid dienone is 1. The van der Waals surface area contributed by atoms with Crippen LogP contribution in [0.3, 0.4) is 0 Å². The van der Waals surface area contributed by atoms with Gasteiger partial charge in [-0.2, -0.15) is 0 Å². The van der Waals surface area contributed by atoms with Gasteiger partial charge in [0.25, 0.3) is 0 Å². The normalized spacial score (nSPS) is 16.4. The zero-order valence-corrected chi connectivity index (χ0v) is 28.9. The summed E-state index contributed by atoms with van der Waals surface area (Å²) in [4.78, 5) is 12.1. The summed E-state index contributed by atoms with van der Waals surface area (Å²) in [6.07, 6.45) is 5.78. The lowest BCUT2D eigenvalue weighted by molar-refractivity contribution is 0.664. The number of nitrogens with one attached hydrogen (secondary N) is 2. The van der Waals surface area contributed by atoms with Crippen LogP contribution >= 0.6 is 0 Å². The number of hydrogen-bond donors (Lipinski definition) is 2. The Hall–Kier alpha value is -6.98. The van der Waals surface area contributed by atoms with E-state index in [2.05, 4.69) is 184 Å². The molecule has 2 atom stereocenters. The van der Waals surface area contributed by atoms with E-state index in [9.17, 15) is 0 Å². The van der Waals surface area contributed by atoms with Gasteiger partial charge in [-0.15, -0.1) is 0 Å². The van der Waals surface area contributed by atoms with Gasteiger partial charge in [-0.05, 0) is 68.4 Å². The molecule has 7 aromatic carbocycles. The number of rotatable bonds is 6. The van der Waals surface area contributed by atoms with Crippen molar-refractivity contribution in [2.75, 3.05) is 10.2 Å². The van der Waals surface area contributed by atoms with Gasteiger partial charge in [-0.3, -0.25) is 9.98 Å². The van der Waals surface area contributed by atoms with Crippen LogP contribution < -0.4 is 15.5 Å². The molecule has 0 saturated heterocycles. The van der Waals surface area contributed by atoms with Gasteiger partial charge in [0, 0.05) is 34.6 Å². The Labute approximate surface area is 308 Å². The highest BCUT2D eigenvalue weighted by Gasteiger charge is 2.34. The first-order valence-corrected chi connectivity index (χ1v) is 18.0. The SMILES string of the molecule is C1=C(c2ccc(-c3ccc(C4Nc5c(c6cnccc6c6ccccc56)N4c4ccccc4)cc3)cc2)NC(c2ccccc2)N=C1c1ccccc1. The van der Waals surface area contributed by atoms with Crippen molar-refractivity contribution in [1.29, 1.82) is 0 Å². The van der Waals surface area contributed by atoms with E-state index >= 15 is 0 Å². The molecule has 0 amide bonds. The summed E-state index contributed by atoms with van der Waals surface area (Å²) in [6.45, 7) is 0. The van der Waals surface area contributed by atoms with E-state index in [4.69, 9.17) is 4.99 Å². The van der Waals surface area contributed by atoms with Crippen molar-refractivity contribution in [3.63, 3.8) is 0 Å².